The van der Waals surface area contributed by atoms with E-state index in [2.05, 4.69) is 40.2 Å². The molecule has 134 valence electrons. The SMILES string of the molecule is COc1cccc(CN2CC[C@@H](c3nc(-c4ccccc4C)no3)C2)c1. The van der Waals surface area contributed by atoms with Crippen LogP contribution in [0.4, 0.5) is 0 Å². The quantitative estimate of drug-likeness (QED) is 0.696. The summed E-state index contributed by atoms with van der Waals surface area (Å²) < 4.78 is 10.9. The van der Waals surface area contributed by atoms with Gasteiger partial charge in [-0.1, -0.05) is 41.6 Å². The highest BCUT2D eigenvalue weighted by Crippen LogP contribution is 2.29. The first kappa shape index (κ1) is 16.8. The van der Waals surface area contributed by atoms with Crippen LogP contribution in [0, 0.1) is 6.92 Å². The van der Waals surface area contributed by atoms with E-state index in [1.165, 1.54) is 5.56 Å². The lowest BCUT2D eigenvalue weighted by Crippen LogP contribution is -2.19. The average molecular weight is 349 g/mol. The molecule has 1 fully saturated rings. The molecule has 3 aromatic rings. The Hall–Kier alpha value is -2.66. The number of aromatic nitrogens is 2. The normalized spacial score (nSPS) is 17.5. The van der Waals surface area contributed by atoms with E-state index in [4.69, 9.17) is 9.26 Å². The summed E-state index contributed by atoms with van der Waals surface area (Å²) in [6.07, 6.45) is 1.04. The van der Waals surface area contributed by atoms with Crippen molar-refractivity contribution in [1.29, 1.82) is 0 Å². The molecule has 0 saturated carbocycles. The van der Waals surface area contributed by atoms with Gasteiger partial charge < -0.3 is 9.26 Å². The zero-order valence-corrected chi connectivity index (χ0v) is 15.2. The van der Waals surface area contributed by atoms with Crippen LogP contribution in [0.2, 0.25) is 0 Å². The highest BCUT2D eigenvalue weighted by Gasteiger charge is 2.28. The lowest BCUT2D eigenvalue weighted by Gasteiger charge is -2.15. The minimum atomic E-state index is 0.297. The number of hydrogen-bond donors (Lipinski definition) is 0. The molecular weight excluding hydrogens is 326 g/mol. The van der Waals surface area contributed by atoms with Gasteiger partial charge in [0.15, 0.2) is 0 Å². The Kier molecular flexibility index (Phi) is 4.71. The van der Waals surface area contributed by atoms with Crippen LogP contribution in [0.3, 0.4) is 0 Å². The fourth-order valence-electron chi connectivity index (χ4n) is 3.54. The monoisotopic (exact) mass is 349 g/mol. The van der Waals surface area contributed by atoms with Crippen molar-refractivity contribution in [2.24, 2.45) is 0 Å². The summed E-state index contributed by atoms with van der Waals surface area (Å²) in [5.74, 6) is 2.63. The third kappa shape index (κ3) is 3.48. The standard InChI is InChI=1S/C21H23N3O2/c1-15-6-3-4-9-19(15)20-22-21(26-23-20)17-10-11-24(14-17)13-16-7-5-8-18(12-16)25-2/h3-9,12,17H,10-11,13-14H2,1-2H3/t17-/m1/s1. The predicted octanol–water partition coefficient (Wildman–Crippen LogP) is 4.04. The minimum absolute atomic E-state index is 0.297. The number of ether oxygens (including phenoxy) is 1. The summed E-state index contributed by atoms with van der Waals surface area (Å²) in [5.41, 5.74) is 3.45. The van der Waals surface area contributed by atoms with Crippen LogP contribution in [-0.4, -0.2) is 35.2 Å². The van der Waals surface area contributed by atoms with Gasteiger partial charge in [0.05, 0.1) is 13.0 Å². The number of benzene rings is 2. The van der Waals surface area contributed by atoms with Crippen molar-refractivity contribution in [3.8, 4) is 17.1 Å². The van der Waals surface area contributed by atoms with Crippen LogP contribution in [0.1, 0.15) is 29.4 Å². The second-order valence-electron chi connectivity index (χ2n) is 6.84. The van der Waals surface area contributed by atoms with Gasteiger partial charge in [-0.2, -0.15) is 4.98 Å². The largest absolute Gasteiger partial charge is 0.497 e. The fourth-order valence-corrected chi connectivity index (χ4v) is 3.54. The first-order valence-corrected chi connectivity index (χ1v) is 8.98. The van der Waals surface area contributed by atoms with E-state index in [9.17, 15) is 0 Å². The Labute approximate surface area is 153 Å². The summed E-state index contributed by atoms with van der Waals surface area (Å²) in [5, 5.41) is 4.20. The highest BCUT2D eigenvalue weighted by molar-refractivity contribution is 5.59. The molecule has 1 atom stereocenters. The first-order chi connectivity index (χ1) is 12.7. The van der Waals surface area contributed by atoms with Crippen LogP contribution >= 0.6 is 0 Å². The van der Waals surface area contributed by atoms with Crippen LogP contribution in [0.25, 0.3) is 11.4 Å². The molecule has 0 bridgehead atoms. The first-order valence-electron chi connectivity index (χ1n) is 8.98. The molecule has 5 nitrogen and oxygen atoms in total. The average Bonchev–Trinajstić information content (AvgIpc) is 3.32. The van der Waals surface area contributed by atoms with Crippen LogP contribution in [0.5, 0.6) is 5.75 Å². The summed E-state index contributed by atoms with van der Waals surface area (Å²) in [6.45, 7) is 4.94. The molecule has 0 aliphatic carbocycles. The van der Waals surface area contributed by atoms with Crippen molar-refractivity contribution in [3.63, 3.8) is 0 Å². The zero-order valence-electron chi connectivity index (χ0n) is 15.2. The Morgan fingerprint density at radius 1 is 1.19 bits per heavy atom. The zero-order chi connectivity index (χ0) is 17.9. The van der Waals surface area contributed by atoms with Gasteiger partial charge in [-0.15, -0.1) is 0 Å². The summed E-state index contributed by atoms with van der Waals surface area (Å²) in [7, 11) is 1.70. The lowest BCUT2D eigenvalue weighted by atomic mass is 10.1. The van der Waals surface area contributed by atoms with E-state index < -0.39 is 0 Å². The Bertz CT molecular complexity index is 890. The molecule has 0 spiro atoms. The molecule has 0 amide bonds. The summed E-state index contributed by atoms with van der Waals surface area (Å²) in [6, 6.07) is 16.4. The highest BCUT2D eigenvalue weighted by atomic mass is 16.5. The predicted molar refractivity (Wildman–Crippen MR) is 100 cm³/mol. The van der Waals surface area contributed by atoms with Crippen molar-refractivity contribution in [2.75, 3.05) is 20.2 Å². The fraction of sp³-hybridized carbons (Fsp3) is 0.333. The molecule has 0 unspecified atom stereocenters. The van der Waals surface area contributed by atoms with E-state index >= 15 is 0 Å². The minimum Gasteiger partial charge on any atom is -0.497 e. The Morgan fingerprint density at radius 2 is 2.08 bits per heavy atom. The van der Waals surface area contributed by atoms with Crippen molar-refractivity contribution in [2.45, 2.75) is 25.8 Å². The van der Waals surface area contributed by atoms with Crippen LogP contribution in [0.15, 0.2) is 53.1 Å². The van der Waals surface area contributed by atoms with Gasteiger partial charge >= 0.3 is 0 Å². The van der Waals surface area contributed by atoms with Gasteiger partial charge in [0.25, 0.3) is 0 Å². The topological polar surface area (TPSA) is 51.4 Å². The second-order valence-corrected chi connectivity index (χ2v) is 6.84. The van der Waals surface area contributed by atoms with Crippen LogP contribution in [-0.2, 0) is 6.54 Å². The van der Waals surface area contributed by atoms with E-state index in [0.717, 1.165) is 48.8 Å². The van der Waals surface area contributed by atoms with Crippen molar-refractivity contribution in [3.05, 3.63) is 65.5 Å². The number of nitrogens with zero attached hydrogens (tertiary/aromatic N) is 3. The van der Waals surface area contributed by atoms with Gasteiger partial charge in [-0.3, -0.25) is 4.90 Å². The molecule has 1 aromatic heterocycles. The summed E-state index contributed by atoms with van der Waals surface area (Å²) in [4.78, 5) is 7.10. The molecule has 0 N–H and O–H groups in total. The molecule has 2 aromatic carbocycles. The van der Waals surface area contributed by atoms with Crippen molar-refractivity contribution < 1.29 is 9.26 Å². The molecule has 1 aliphatic rings. The van der Waals surface area contributed by atoms with Gasteiger partial charge in [0.1, 0.15) is 5.75 Å². The van der Waals surface area contributed by atoms with Crippen LogP contribution < -0.4 is 4.74 Å². The number of hydrogen-bond acceptors (Lipinski definition) is 5. The molecule has 2 heterocycles. The molecule has 4 rings (SSSR count). The number of likely N-dealkylation sites (tertiary alicyclic amines) is 1. The smallest absolute Gasteiger partial charge is 0.231 e. The number of methoxy groups -OCH3 is 1. The van der Waals surface area contributed by atoms with Gasteiger partial charge in [-0.25, -0.2) is 0 Å². The second kappa shape index (κ2) is 7.30. The van der Waals surface area contributed by atoms with E-state index in [1.807, 2.05) is 30.3 Å². The van der Waals surface area contributed by atoms with E-state index in [1.54, 1.807) is 7.11 Å². The Balaban J connectivity index is 1.43. The Morgan fingerprint density at radius 3 is 2.92 bits per heavy atom. The van der Waals surface area contributed by atoms with Gasteiger partial charge in [0.2, 0.25) is 11.7 Å². The number of rotatable bonds is 5. The van der Waals surface area contributed by atoms with E-state index in [-0.39, 0.29) is 0 Å². The van der Waals surface area contributed by atoms with Gasteiger partial charge in [-0.05, 0) is 43.1 Å². The van der Waals surface area contributed by atoms with Crippen molar-refractivity contribution >= 4 is 0 Å². The maximum atomic E-state index is 5.59. The molecule has 0 radical (unpaired) electrons. The van der Waals surface area contributed by atoms with E-state index in [0.29, 0.717) is 11.7 Å². The lowest BCUT2D eigenvalue weighted by molar-refractivity contribution is 0.308. The van der Waals surface area contributed by atoms with Crippen molar-refractivity contribution in [1.82, 2.24) is 15.0 Å². The molecular formula is C21H23N3O2. The molecule has 26 heavy (non-hydrogen) atoms. The third-order valence-corrected chi connectivity index (χ3v) is 4.99. The summed E-state index contributed by atoms with van der Waals surface area (Å²) >= 11 is 0. The van der Waals surface area contributed by atoms with Gasteiger partial charge in [0, 0.05) is 18.7 Å². The molecule has 1 aliphatic heterocycles. The maximum absolute atomic E-state index is 5.59. The molecule has 1 saturated heterocycles. The molecule has 5 heteroatoms. The maximum Gasteiger partial charge on any atom is 0.231 e. The number of aryl methyl sites for hydroxylation is 1. The third-order valence-electron chi connectivity index (χ3n) is 4.99.